The number of hydrogen-bond acceptors (Lipinski definition) is 5. The summed E-state index contributed by atoms with van der Waals surface area (Å²) in [4.78, 5) is 33.8. The Balaban J connectivity index is 1.44. The second kappa shape index (κ2) is 9.25. The van der Waals surface area contributed by atoms with E-state index in [0.717, 1.165) is 79.3 Å². The molecule has 0 bridgehead atoms. The first kappa shape index (κ1) is 20.9. The minimum atomic E-state index is -0.430. The zero-order valence-corrected chi connectivity index (χ0v) is 18.8. The summed E-state index contributed by atoms with van der Waals surface area (Å²) in [5.41, 5.74) is 4.28. The topological polar surface area (TPSA) is 59.5 Å². The van der Waals surface area contributed by atoms with Gasteiger partial charge < -0.3 is 9.64 Å². The lowest BCUT2D eigenvalue weighted by Crippen LogP contribution is -2.35. The van der Waals surface area contributed by atoms with E-state index in [0.29, 0.717) is 5.56 Å². The fourth-order valence-electron chi connectivity index (χ4n) is 4.67. The van der Waals surface area contributed by atoms with Crippen molar-refractivity contribution < 1.29 is 14.3 Å². The second-order valence-electron chi connectivity index (χ2n) is 8.39. The monoisotopic (exact) mass is 446 g/mol. The van der Waals surface area contributed by atoms with Gasteiger partial charge in [-0.2, -0.15) is 0 Å². The van der Waals surface area contributed by atoms with Gasteiger partial charge in [-0.3, -0.25) is 4.79 Å². The molecule has 1 amide bonds. The van der Waals surface area contributed by atoms with Gasteiger partial charge in [0.1, 0.15) is 0 Å². The standard InChI is InChI=1S/C26H26N2O3S/c29-23(28-13-5-1-2-6-14-28)17-31-26(30)24-20-9-3-4-10-22(20)27-25-18(11-12-21(24)25)16-19-8-7-15-32-19/h3-4,7-10,15-16H,1-2,5-6,11-14,17H2. The van der Waals surface area contributed by atoms with Crippen molar-refractivity contribution in [1.82, 2.24) is 9.88 Å². The van der Waals surface area contributed by atoms with Gasteiger partial charge in [-0.05, 0) is 60.4 Å². The summed E-state index contributed by atoms with van der Waals surface area (Å²) in [5, 5.41) is 2.84. The second-order valence-corrected chi connectivity index (χ2v) is 9.37. The van der Waals surface area contributed by atoms with Crippen molar-refractivity contribution in [3.05, 3.63) is 63.5 Å². The van der Waals surface area contributed by atoms with Crippen molar-refractivity contribution in [1.29, 1.82) is 0 Å². The molecule has 5 nitrogen and oxygen atoms in total. The maximum absolute atomic E-state index is 13.3. The number of hydrogen-bond donors (Lipinski definition) is 0. The number of ether oxygens (including phenoxy) is 1. The molecule has 3 heterocycles. The maximum atomic E-state index is 13.3. The Kier molecular flexibility index (Phi) is 6.04. The van der Waals surface area contributed by atoms with Crippen LogP contribution < -0.4 is 0 Å². The first-order valence-corrected chi connectivity index (χ1v) is 12.2. The normalized spacial score (nSPS) is 17.4. The molecule has 1 fully saturated rings. The number of likely N-dealkylation sites (tertiary alicyclic amines) is 1. The lowest BCUT2D eigenvalue weighted by Gasteiger charge is -2.20. The van der Waals surface area contributed by atoms with Crippen molar-refractivity contribution in [3.8, 4) is 0 Å². The first-order valence-electron chi connectivity index (χ1n) is 11.3. The molecular formula is C26H26N2O3S. The number of rotatable bonds is 4. The van der Waals surface area contributed by atoms with Crippen LogP contribution in [0.5, 0.6) is 0 Å². The number of pyridine rings is 1. The van der Waals surface area contributed by atoms with Crippen LogP contribution in [0.3, 0.4) is 0 Å². The number of thiophene rings is 1. The van der Waals surface area contributed by atoms with Gasteiger partial charge in [0.25, 0.3) is 5.91 Å². The van der Waals surface area contributed by atoms with E-state index in [1.165, 1.54) is 4.88 Å². The van der Waals surface area contributed by atoms with Crippen molar-refractivity contribution in [3.63, 3.8) is 0 Å². The average Bonchev–Trinajstić information content (AvgIpc) is 3.38. The maximum Gasteiger partial charge on any atom is 0.339 e. The highest BCUT2D eigenvalue weighted by atomic mass is 32.1. The molecule has 1 aliphatic heterocycles. The summed E-state index contributed by atoms with van der Waals surface area (Å²) in [6.07, 6.45) is 8.08. The number of allylic oxidation sites excluding steroid dienone is 1. The van der Waals surface area contributed by atoms with Gasteiger partial charge in [-0.1, -0.05) is 37.1 Å². The molecule has 1 aliphatic carbocycles. The average molecular weight is 447 g/mol. The highest BCUT2D eigenvalue weighted by Gasteiger charge is 2.28. The summed E-state index contributed by atoms with van der Waals surface area (Å²) in [5.74, 6) is -0.533. The molecule has 0 spiro atoms. The SMILES string of the molecule is O=C(OCC(=O)N1CCCCCC1)c1c2c(nc3ccccc13)C(=Cc1cccs1)CC2. The summed E-state index contributed by atoms with van der Waals surface area (Å²) >= 11 is 1.69. The molecule has 5 rings (SSSR count). The highest BCUT2D eigenvalue weighted by molar-refractivity contribution is 7.10. The van der Waals surface area contributed by atoms with E-state index in [4.69, 9.17) is 9.72 Å². The molecule has 0 radical (unpaired) electrons. The lowest BCUT2D eigenvalue weighted by molar-refractivity contribution is -0.134. The molecule has 0 saturated carbocycles. The first-order chi connectivity index (χ1) is 15.7. The Labute approximate surface area is 191 Å². The van der Waals surface area contributed by atoms with Gasteiger partial charge in [-0.25, -0.2) is 9.78 Å². The number of para-hydroxylation sites is 1. The van der Waals surface area contributed by atoms with E-state index in [2.05, 4.69) is 17.5 Å². The Hall–Kier alpha value is -2.99. The Morgan fingerprint density at radius 2 is 1.84 bits per heavy atom. The third-order valence-electron chi connectivity index (χ3n) is 6.29. The molecular weight excluding hydrogens is 420 g/mol. The van der Waals surface area contributed by atoms with Crippen molar-refractivity contribution >= 4 is 45.8 Å². The van der Waals surface area contributed by atoms with E-state index in [1.807, 2.05) is 35.2 Å². The van der Waals surface area contributed by atoms with Crippen LogP contribution in [0.25, 0.3) is 22.6 Å². The van der Waals surface area contributed by atoms with Crippen LogP contribution in [0.1, 0.15) is 58.6 Å². The molecule has 3 aromatic rings. The quantitative estimate of drug-likeness (QED) is 0.508. The Bertz CT molecular complexity index is 1180. The molecule has 2 aromatic heterocycles. The van der Waals surface area contributed by atoms with Crippen LogP contribution in [0.15, 0.2) is 41.8 Å². The van der Waals surface area contributed by atoms with Gasteiger partial charge in [0.15, 0.2) is 6.61 Å². The van der Waals surface area contributed by atoms with E-state index in [9.17, 15) is 9.59 Å². The predicted molar refractivity (Wildman–Crippen MR) is 128 cm³/mol. The number of nitrogens with zero attached hydrogens (tertiary/aromatic N) is 2. The van der Waals surface area contributed by atoms with Gasteiger partial charge in [0, 0.05) is 23.4 Å². The highest BCUT2D eigenvalue weighted by Crippen LogP contribution is 2.38. The molecule has 164 valence electrons. The van der Waals surface area contributed by atoms with Crippen LogP contribution in [-0.2, 0) is 16.0 Å². The van der Waals surface area contributed by atoms with E-state index >= 15 is 0 Å². The van der Waals surface area contributed by atoms with E-state index in [-0.39, 0.29) is 12.5 Å². The predicted octanol–water partition coefficient (Wildman–Crippen LogP) is 5.34. The molecule has 0 N–H and O–H groups in total. The van der Waals surface area contributed by atoms with Crippen molar-refractivity contribution in [2.75, 3.05) is 19.7 Å². The largest absolute Gasteiger partial charge is 0.452 e. The van der Waals surface area contributed by atoms with Gasteiger partial charge in [-0.15, -0.1) is 11.3 Å². The van der Waals surface area contributed by atoms with Gasteiger partial charge >= 0.3 is 5.97 Å². The van der Waals surface area contributed by atoms with Crippen LogP contribution in [0.4, 0.5) is 0 Å². The van der Waals surface area contributed by atoms with Crippen LogP contribution >= 0.6 is 11.3 Å². The summed E-state index contributed by atoms with van der Waals surface area (Å²) in [6, 6.07) is 11.8. The zero-order valence-electron chi connectivity index (χ0n) is 18.0. The number of carbonyl (C=O) groups is 2. The molecule has 1 saturated heterocycles. The number of aromatic nitrogens is 1. The smallest absolute Gasteiger partial charge is 0.339 e. The Morgan fingerprint density at radius 3 is 2.62 bits per heavy atom. The number of esters is 1. The number of carbonyl (C=O) groups excluding carboxylic acids is 2. The summed E-state index contributed by atoms with van der Waals surface area (Å²) < 4.78 is 5.58. The lowest BCUT2D eigenvalue weighted by atomic mass is 10.0. The molecule has 2 aliphatic rings. The van der Waals surface area contributed by atoms with Crippen LogP contribution in [0.2, 0.25) is 0 Å². The minimum absolute atomic E-state index is 0.103. The van der Waals surface area contributed by atoms with Crippen molar-refractivity contribution in [2.45, 2.75) is 38.5 Å². The van der Waals surface area contributed by atoms with Gasteiger partial charge in [0.2, 0.25) is 0 Å². The minimum Gasteiger partial charge on any atom is -0.452 e. The Morgan fingerprint density at radius 1 is 1.03 bits per heavy atom. The fraction of sp³-hybridized carbons (Fsp3) is 0.346. The van der Waals surface area contributed by atoms with E-state index < -0.39 is 5.97 Å². The summed E-state index contributed by atoms with van der Waals surface area (Å²) in [6.45, 7) is 1.30. The molecule has 0 atom stereocenters. The molecule has 1 aromatic carbocycles. The molecule has 32 heavy (non-hydrogen) atoms. The number of fused-ring (bicyclic) bond motifs is 2. The van der Waals surface area contributed by atoms with E-state index in [1.54, 1.807) is 11.3 Å². The number of amides is 1. The third-order valence-corrected chi connectivity index (χ3v) is 7.11. The zero-order chi connectivity index (χ0) is 21.9. The van der Waals surface area contributed by atoms with Crippen LogP contribution in [-0.4, -0.2) is 41.5 Å². The molecule has 6 heteroatoms. The van der Waals surface area contributed by atoms with Gasteiger partial charge in [0.05, 0.1) is 16.8 Å². The summed E-state index contributed by atoms with van der Waals surface area (Å²) in [7, 11) is 0. The molecule has 0 unspecified atom stereocenters. The third kappa shape index (κ3) is 4.19. The van der Waals surface area contributed by atoms with Crippen molar-refractivity contribution in [2.24, 2.45) is 0 Å². The fourth-order valence-corrected chi connectivity index (χ4v) is 5.35. The van der Waals surface area contributed by atoms with Crippen LogP contribution in [0, 0.1) is 0 Å². The number of benzene rings is 1.